The van der Waals surface area contributed by atoms with Gasteiger partial charge in [-0.25, -0.2) is 8.42 Å². The van der Waals surface area contributed by atoms with Crippen molar-refractivity contribution >= 4 is 61.1 Å². The maximum atomic E-state index is 13.3. The van der Waals surface area contributed by atoms with Gasteiger partial charge in [-0.1, -0.05) is 41.9 Å². The summed E-state index contributed by atoms with van der Waals surface area (Å²) in [6.07, 6.45) is 1.61. The summed E-state index contributed by atoms with van der Waals surface area (Å²) in [7, 11) is -3.86. The molecular formula is C24H25ClN4O4S3. The number of amides is 2. The van der Waals surface area contributed by atoms with Gasteiger partial charge in [-0.05, 0) is 42.5 Å². The number of anilines is 1. The molecule has 12 heteroatoms. The Bertz CT molecular complexity index is 1400. The van der Waals surface area contributed by atoms with Crippen molar-refractivity contribution in [1.82, 2.24) is 9.21 Å². The van der Waals surface area contributed by atoms with Crippen LogP contribution in [0.3, 0.4) is 0 Å². The molecule has 0 saturated carbocycles. The third-order valence-corrected chi connectivity index (χ3v) is 11.2. The Morgan fingerprint density at radius 2 is 1.89 bits per heavy atom. The molecule has 2 aliphatic rings. The number of carbonyl (C=O) groups excluding carboxylic acids is 2. The van der Waals surface area contributed by atoms with E-state index in [4.69, 9.17) is 17.3 Å². The van der Waals surface area contributed by atoms with Crippen molar-refractivity contribution in [3.05, 3.63) is 68.4 Å². The van der Waals surface area contributed by atoms with Crippen LogP contribution in [0.1, 0.15) is 39.2 Å². The predicted molar refractivity (Wildman–Crippen MR) is 142 cm³/mol. The summed E-state index contributed by atoms with van der Waals surface area (Å²) in [4.78, 5) is 29.0. The zero-order valence-electron chi connectivity index (χ0n) is 19.3. The molecular weight excluding hydrogens is 540 g/mol. The summed E-state index contributed by atoms with van der Waals surface area (Å²) >= 11 is 8.25. The number of halogens is 1. The second-order valence-electron chi connectivity index (χ2n) is 8.84. The number of hydrogen-bond donors (Lipinski definition) is 2. The van der Waals surface area contributed by atoms with E-state index >= 15 is 0 Å². The van der Waals surface area contributed by atoms with Crippen LogP contribution in [0.5, 0.6) is 0 Å². The molecule has 0 radical (unpaired) electrons. The molecule has 0 spiro atoms. The van der Waals surface area contributed by atoms with Gasteiger partial charge in [0.1, 0.15) is 15.3 Å². The largest absolute Gasteiger partial charge is 0.365 e. The second kappa shape index (κ2) is 10.2. The van der Waals surface area contributed by atoms with Gasteiger partial charge in [-0.3, -0.25) is 14.5 Å². The van der Waals surface area contributed by atoms with Gasteiger partial charge in [-0.2, -0.15) is 4.31 Å². The van der Waals surface area contributed by atoms with Crippen molar-refractivity contribution in [2.24, 2.45) is 5.73 Å². The lowest BCUT2D eigenvalue weighted by molar-refractivity contribution is -0.119. The Hall–Kier alpha value is -2.28. The van der Waals surface area contributed by atoms with E-state index in [1.807, 2.05) is 18.2 Å². The van der Waals surface area contributed by atoms with Gasteiger partial charge in [0.15, 0.2) is 0 Å². The highest BCUT2D eigenvalue weighted by atomic mass is 35.5. The average molecular weight is 565 g/mol. The summed E-state index contributed by atoms with van der Waals surface area (Å²) < 4.78 is 28.0. The van der Waals surface area contributed by atoms with Crippen molar-refractivity contribution in [2.45, 2.75) is 42.6 Å². The van der Waals surface area contributed by atoms with Crippen LogP contribution in [0.2, 0.25) is 4.34 Å². The smallest absolute Gasteiger partial charge is 0.253 e. The third-order valence-electron chi connectivity index (χ3n) is 6.49. The van der Waals surface area contributed by atoms with Crippen molar-refractivity contribution in [2.75, 3.05) is 18.4 Å². The van der Waals surface area contributed by atoms with Gasteiger partial charge in [-0.15, -0.1) is 22.7 Å². The molecule has 190 valence electrons. The molecule has 0 aliphatic carbocycles. The number of primary amides is 1. The number of thiophene rings is 2. The summed E-state index contributed by atoms with van der Waals surface area (Å²) in [6, 6.07) is 12.3. The number of nitrogens with two attached hydrogens (primary N) is 1. The Morgan fingerprint density at radius 3 is 2.58 bits per heavy atom. The van der Waals surface area contributed by atoms with E-state index in [2.05, 4.69) is 22.3 Å². The van der Waals surface area contributed by atoms with Crippen molar-refractivity contribution in [3.63, 3.8) is 0 Å². The van der Waals surface area contributed by atoms with E-state index in [9.17, 15) is 18.0 Å². The van der Waals surface area contributed by atoms with Crippen LogP contribution in [0.25, 0.3) is 0 Å². The number of sulfonamides is 1. The van der Waals surface area contributed by atoms with Crippen LogP contribution in [0.15, 0.2) is 46.7 Å². The number of nitrogens with one attached hydrogen (secondary N) is 1. The molecule has 8 nitrogen and oxygen atoms in total. The molecule has 3 aromatic rings. The highest BCUT2D eigenvalue weighted by Crippen LogP contribution is 2.38. The summed E-state index contributed by atoms with van der Waals surface area (Å²) in [5.41, 5.74) is 8.14. The highest BCUT2D eigenvalue weighted by molar-refractivity contribution is 7.91. The molecule has 1 fully saturated rings. The molecule has 1 atom stereocenters. The van der Waals surface area contributed by atoms with Crippen molar-refractivity contribution in [1.29, 1.82) is 0 Å². The number of benzene rings is 1. The second-order valence-corrected chi connectivity index (χ2v) is 13.8. The van der Waals surface area contributed by atoms with Gasteiger partial charge in [0, 0.05) is 31.1 Å². The van der Waals surface area contributed by atoms with Crippen molar-refractivity contribution in [3.8, 4) is 0 Å². The van der Waals surface area contributed by atoms with Gasteiger partial charge in [0.05, 0.1) is 9.90 Å². The topological polar surface area (TPSA) is 113 Å². The summed E-state index contributed by atoms with van der Waals surface area (Å²) in [5.74, 6) is -1.05. The van der Waals surface area contributed by atoms with Crippen LogP contribution in [-0.2, 0) is 34.3 Å². The summed E-state index contributed by atoms with van der Waals surface area (Å²) in [5, 5.41) is 3.24. The first kappa shape index (κ1) is 25.4. The minimum absolute atomic E-state index is 0.107. The maximum absolute atomic E-state index is 13.3. The zero-order chi connectivity index (χ0) is 25.4. The molecule has 4 heterocycles. The fourth-order valence-corrected chi connectivity index (χ4v) is 9.39. The standard InChI is InChI=1S/C24H25ClN4O4S3/c25-19-8-9-20(35-19)36(32,33)29-11-4-7-17(29)23(31)27-24-21(22(26)30)16-10-12-28(14-18(16)34-24)13-15-5-2-1-3-6-15/h1-3,5-6,8-9,17H,4,7,10-14H2,(H2,26,30)(H,27,31). The van der Waals surface area contributed by atoms with Gasteiger partial charge in [0.2, 0.25) is 5.91 Å². The lowest BCUT2D eigenvalue weighted by atomic mass is 10.0. The first-order valence-electron chi connectivity index (χ1n) is 11.5. The molecule has 36 heavy (non-hydrogen) atoms. The average Bonchev–Trinajstić information content (AvgIpc) is 3.57. The molecule has 2 amide bonds. The zero-order valence-corrected chi connectivity index (χ0v) is 22.5. The molecule has 2 aliphatic heterocycles. The maximum Gasteiger partial charge on any atom is 0.253 e. The molecule has 0 bridgehead atoms. The minimum Gasteiger partial charge on any atom is -0.365 e. The summed E-state index contributed by atoms with van der Waals surface area (Å²) in [6.45, 7) is 2.44. The number of carbonyl (C=O) groups is 2. The first-order chi connectivity index (χ1) is 17.2. The molecule has 5 rings (SSSR count). The Morgan fingerprint density at radius 1 is 1.11 bits per heavy atom. The van der Waals surface area contributed by atoms with Crippen LogP contribution in [0, 0.1) is 0 Å². The fourth-order valence-electron chi connectivity index (χ4n) is 4.82. The molecule has 3 N–H and O–H groups in total. The van der Waals surface area contributed by atoms with Gasteiger partial charge in [0.25, 0.3) is 15.9 Å². The van der Waals surface area contributed by atoms with E-state index in [0.717, 1.165) is 34.9 Å². The van der Waals surface area contributed by atoms with Crippen molar-refractivity contribution < 1.29 is 18.0 Å². The molecule has 1 aromatic carbocycles. The third kappa shape index (κ3) is 4.96. The molecule has 1 saturated heterocycles. The lowest BCUT2D eigenvalue weighted by Gasteiger charge is -2.27. The Labute approximate surface area is 222 Å². The van der Waals surface area contributed by atoms with E-state index in [0.29, 0.717) is 40.7 Å². The van der Waals surface area contributed by atoms with Crippen LogP contribution in [-0.4, -0.2) is 48.6 Å². The van der Waals surface area contributed by atoms with Gasteiger partial charge >= 0.3 is 0 Å². The minimum atomic E-state index is -3.86. The van der Waals surface area contributed by atoms with Crippen LogP contribution in [0.4, 0.5) is 5.00 Å². The number of fused-ring (bicyclic) bond motifs is 1. The number of rotatable bonds is 7. The first-order valence-corrected chi connectivity index (χ1v) is 15.0. The number of hydrogen-bond acceptors (Lipinski definition) is 7. The highest BCUT2D eigenvalue weighted by Gasteiger charge is 2.41. The van der Waals surface area contributed by atoms with Gasteiger partial charge < -0.3 is 11.1 Å². The lowest BCUT2D eigenvalue weighted by Crippen LogP contribution is -2.43. The SMILES string of the molecule is NC(=O)c1c(NC(=O)C2CCCN2S(=O)(=O)c2ccc(Cl)s2)sc2c1CCN(Cc1ccccc1)C2. The Balaban J connectivity index is 1.36. The van der Waals surface area contributed by atoms with E-state index < -0.39 is 27.9 Å². The molecule has 2 aromatic heterocycles. The quantitative estimate of drug-likeness (QED) is 0.452. The monoisotopic (exact) mass is 564 g/mol. The van der Waals surface area contributed by atoms with E-state index in [-0.39, 0.29) is 10.8 Å². The van der Waals surface area contributed by atoms with E-state index in [1.165, 1.54) is 33.3 Å². The normalized spacial score (nSPS) is 18.8. The molecule has 1 unspecified atom stereocenters. The fraction of sp³-hybridized carbons (Fsp3) is 0.333. The van der Waals surface area contributed by atoms with Crippen LogP contribution >= 0.6 is 34.3 Å². The van der Waals surface area contributed by atoms with E-state index in [1.54, 1.807) is 0 Å². The predicted octanol–water partition coefficient (Wildman–Crippen LogP) is 3.91. The van der Waals surface area contributed by atoms with Crippen LogP contribution < -0.4 is 11.1 Å². The Kier molecular flexibility index (Phi) is 7.21. The number of nitrogens with zero attached hydrogens (tertiary/aromatic N) is 2.